The van der Waals surface area contributed by atoms with Crippen molar-refractivity contribution in [2.24, 2.45) is 0 Å². The third-order valence-corrected chi connectivity index (χ3v) is 4.24. The van der Waals surface area contributed by atoms with E-state index in [4.69, 9.17) is 0 Å². The van der Waals surface area contributed by atoms with Crippen molar-refractivity contribution in [2.75, 3.05) is 19.4 Å². The molecule has 4 heteroatoms. The summed E-state index contributed by atoms with van der Waals surface area (Å²) in [6, 6.07) is 8.79. The van der Waals surface area contributed by atoms with Crippen molar-refractivity contribution >= 4 is 16.5 Å². The second-order valence-corrected chi connectivity index (χ2v) is 5.39. The third kappa shape index (κ3) is 2.54. The number of aromatic nitrogens is 1. The number of rotatable bonds is 4. The van der Waals surface area contributed by atoms with Gasteiger partial charge in [0, 0.05) is 18.7 Å². The molecule has 0 saturated carbocycles. The quantitative estimate of drug-likeness (QED) is 0.885. The number of nitrogens with zero attached hydrogens (tertiary/aromatic N) is 1. The minimum absolute atomic E-state index is 0.306. The molecule has 1 aromatic carbocycles. The molecule has 0 radical (unpaired) electrons. The first kappa shape index (κ1) is 13.1. The number of nitrogens with one attached hydrogen (secondary N) is 2. The standard InChI is InChI=1S/C14H19N3S/c1-9-6-5-7-11(8-9)12-13(10(2)15-3)18-14(16-4)17-12/h5-8,10,15H,1-4H3,(H,16,17). The Bertz CT molecular complexity index is 534. The summed E-state index contributed by atoms with van der Waals surface area (Å²) in [7, 11) is 3.89. The van der Waals surface area contributed by atoms with Crippen molar-refractivity contribution < 1.29 is 0 Å². The van der Waals surface area contributed by atoms with Crippen LogP contribution in [-0.2, 0) is 0 Å². The van der Waals surface area contributed by atoms with Gasteiger partial charge in [-0.1, -0.05) is 35.1 Å². The molecule has 18 heavy (non-hydrogen) atoms. The molecule has 0 fully saturated rings. The molecule has 1 aromatic heterocycles. The largest absolute Gasteiger partial charge is 0.365 e. The van der Waals surface area contributed by atoms with Gasteiger partial charge >= 0.3 is 0 Å². The Hall–Kier alpha value is -1.39. The molecule has 1 unspecified atom stereocenters. The Labute approximate surface area is 112 Å². The Kier molecular flexibility index (Phi) is 3.99. The van der Waals surface area contributed by atoms with Crippen LogP contribution < -0.4 is 10.6 Å². The van der Waals surface area contributed by atoms with Gasteiger partial charge in [-0.2, -0.15) is 0 Å². The minimum atomic E-state index is 0.306. The first-order chi connectivity index (χ1) is 8.65. The predicted molar refractivity (Wildman–Crippen MR) is 79.3 cm³/mol. The topological polar surface area (TPSA) is 37.0 Å². The maximum atomic E-state index is 4.68. The normalized spacial score (nSPS) is 12.4. The molecule has 1 heterocycles. The van der Waals surface area contributed by atoms with Gasteiger partial charge in [-0.3, -0.25) is 0 Å². The molecule has 0 spiro atoms. The average molecular weight is 261 g/mol. The molecule has 0 aliphatic rings. The van der Waals surface area contributed by atoms with Gasteiger partial charge in [0.15, 0.2) is 5.13 Å². The Balaban J connectivity index is 2.51. The summed E-state index contributed by atoms with van der Waals surface area (Å²) in [6.07, 6.45) is 0. The lowest BCUT2D eigenvalue weighted by molar-refractivity contribution is 0.664. The van der Waals surface area contributed by atoms with Crippen molar-refractivity contribution in [3.05, 3.63) is 34.7 Å². The fraction of sp³-hybridized carbons (Fsp3) is 0.357. The summed E-state index contributed by atoms with van der Waals surface area (Å²) in [4.78, 5) is 5.95. The highest BCUT2D eigenvalue weighted by Crippen LogP contribution is 2.35. The smallest absolute Gasteiger partial charge is 0.183 e. The molecule has 0 aliphatic heterocycles. The minimum Gasteiger partial charge on any atom is -0.365 e. The fourth-order valence-corrected chi connectivity index (χ4v) is 2.86. The van der Waals surface area contributed by atoms with Crippen LogP contribution in [0.3, 0.4) is 0 Å². The Morgan fingerprint density at radius 2 is 2.06 bits per heavy atom. The number of benzene rings is 1. The van der Waals surface area contributed by atoms with E-state index < -0.39 is 0 Å². The summed E-state index contributed by atoms with van der Waals surface area (Å²) >= 11 is 1.71. The molecule has 0 bridgehead atoms. The molecule has 0 amide bonds. The highest BCUT2D eigenvalue weighted by atomic mass is 32.1. The number of hydrogen-bond acceptors (Lipinski definition) is 4. The van der Waals surface area contributed by atoms with E-state index in [-0.39, 0.29) is 0 Å². The van der Waals surface area contributed by atoms with E-state index in [2.05, 4.69) is 53.7 Å². The van der Waals surface area contributed by atoms with Gasteiger partial charge in [0.25, 0.3) is 0 Å². The summed E-state index contributed by atoms with van der Waals surface area (Å²) in [5, 5.41) is 7.38. The van der Waals surface area contributed by atoms with E-state index in [1.165, 1.54) is 16.0 Å². The monoisotopic (exact) mass is 261 g/mol. The number of aryl methyl sites for hydroxylation is 1. The maximum Gasteiger partial charge on any atom is 0.183 e. The van der Waals surface area contributed by atoms with Gasteiger partial charge in [-0.05, 0) is 27.0 Å². The van der Waals surface area contributed by atoms with Gasteiger partial charge in [0.2, 0.25) is 0 Å². The first-order valence-corrected chi connectivity index (χ1v) is 6.90. The second-order valence-electron chi connectivity index (χ2n) is 4.36. The van der Waals surface area contributed by atoms with Crippen molar-refractivity contribution in [1.82, 2.24) is 10.3 Å². The van der Waals surface area contributed by atoms with E-state index in [1.54, 1.807) is 11.3 Å². The van der Waals surface area contributed by atoms with Crippen molar-refractivity contribution in [2.45, 2.75) is 19.9 Å². The van der Waals surface area contributed by atoms with Crippen molar-refractivity contribution in [1.29, 1.82) is 0 Å². The fourth-order valence-electron chi connectivity index (χ4n) is 1.86. The van der Waals surface area contributed by atoms with Gasteiger partial charge in [-0.25, -0.2) is 4.98 Å². The Morgan fingerprint density at radius 3 is 2.67 bits per heavy atom. The molecule has 3 nitrogen and oxygen atoms in total. The highest BCUT2D eigenvalue weighted by molar-refractivity contribution is 7.16. The summed E-state index contributed by atoms with van der Waals surface area (Å²) in [5.74, 6) is 0. The predicted octanol–water partition coefficient (Wildman–Crippen LogP) is 3.44. The molecule has 0 aliphatic carbocycles. The van der Waals surface area contributed by atoms with Crippen LogP contribution in [-0.4, -0.2) is 19.1 Å². The third-order valence-electron chi connectivity index (χ3n) is 2.99. The summed E-state index contributed by atoms with van der Waals surface area (Å²) in [6.45, 7) is 4.27. The highest BCUT2D eigenvalue weighted by Gasteiger charge is 2.16. The summed E-state index contributed by atoms with van der Waals surface area (Å²) < 4.78 is 0. The van der Waals surface area contributed by atoms with Crippen LogP contribution in [0.4, 0.5) is 5.13 Å². The molecule has 2 N–H and O–H groups in total. The van der Waals surface area contributed by atoms with Gasteiger partial charge < -0.3 is 10.6 Å². The molecular weight excluding hydrogens is 242 g/mol. The van der Waals surface area contributed by atoms with E-state index in [1.807, 2.05) is 14.1 Å². The zero-order chi connectivity index (χ0) is 13.1. The number of anilines is 1. The van der Waals surface area contributed by atoms with E-state index in [0.29, 0.717) is 6.04 Å². The number of hydrogen-bond donors (Lipinski definition) is 2. The van der Waals surface area contributed by atoms with Crippen LogP contribution in [0.2, 0.25) is 0 Å². The maximum absolute atomic E-state index is 4.68. The van der Waals surface area contributed by atoms with Gasteiger partial charge in [0.05, 0.1) is 10.6 Å². The molecule has 1 atom stereocenters. The van der Waals surface area contributed by atoms with Crippen LogP contribution in [0, 0.1) is 6.92 Å². The van der Waals surface area contributed by atoms with Crippen molar-refractivity contribution in [3.8, 4) is 11.3 Å². The number of thiazole rings is 1. The molecule has 2 rings (SSSR count). The van der Waals surface area contributed by atoms with Gasteiger partial charge in [-0.15, -0.1) is 0 Å². The lowest BCUT2D eigenvalue weighted by atomic mass is 10.1. The average Bonchev–Trinajstić information content (AvgIpc) is 2.82. The Morgan fingerprint density at radius 1 is 1.28 bits per heavy atom. The van der Waals surface area contributed by atoms with E-state index in [9.17, 15) is 0 Å². The van der Waals surface area contributed by atoms with Gasteiger partial charge in [0.1, 0.15) is 0 Å². The molecule has 96 valence electrons. The zero-order valence-electron chi connectivity index (χ0n) is 11.2. The molecular formula is C14H19N3S. The summed E-state index contributed by atoms with van der Waals surface area (Å²) in [5.41, 5.74) is 3.52. The lowest BCUT2D eigenvalue weighted by Gasteiger charge is -2.10. The first-order valence-electron chi connectivity index (χ1n) is 6.08. The van der Waals surface area contributed by atoms with Crippen LogP contribution in [0.15, 0.2) is 24.3 Å². The lowest BCUT2D eigenvalue weighted by Crippen LogP contribution is -2.11. The molecule has 0 saturated heterocycles. The SMILES string of the molecule is CNc1nc(-c2cccc(C)c2)c(C(C)NC)s1. The van der Waals surface area contributed by atoms with E-state index >= 15 is 0 Å². The second kappa shape index (κ2) is 5.50. The van der Waals surface area contributed by atoms with E-state index in [0.717, 1.165) is 10.8 Å². The van der Waals surface area contributed by atoms with Crippen LogP contribution >= 0.6 is 11.3 Å². The van der Waals surface area contributed by atoms with Crippen LogP contribution in [0.1, 0.15) is 23.4 Å². The van der Waals surface area contributed by atoms with Crippen LogP contribution in [0.25, 0.3) is 11.3 Å². The van der Waals surface area contributed by atoms with Crippen LogP contribution in [0.5, 0.6) is 0 Å². The van der Waals surface area contributed by atoms with Crippen molar-refractivity contribution in [3.63, 3.8) is 0 Å². The molecule has 2 aromatic rings. The zero-order valence-corrected chi connectivity index (χ0v) is 12.1.